The summed E-state index contributed by atoms with van der Waals surface area (Å²) >= 11 is 5.84. The molecule has 0 aliphatic carbocycles. The predicted octanol–water partition coefficient (Wildman–Crippen LogP) is 3.22. The van der Waals surface area contributed by atoms with Gasteiger partial charge in [-0.3, -0.25) is 10.1 Å². The van der Waals surface area contributed by atoms with Crippen LogP contribution in [0.2, 0.25) is 5.02 Å². The minimum atomic E-state index is -0.574. The highest BCUT2D eigenvalue weighted by molar-refractivity contribution is 6.30. The van der Waals surface area contributed by atoms with Crippen molar-refractivity contribution in [2.75, 3.05) is 12.4 Å². The van der Waals surface area contributed by atoms with Gasteiger partial charge in [0.1, 0.15) is 6.33 Å². The fourth-order valence-corrected chi connectivity index (χ4v) is 1.95. The van der Waals surface area contributed by atoms with Gasteiger partial charge in [0.15, 0.2) is 0 Å². The van der Waals surface area contributed by atoms with Gasteiger partial charge in [-0.05, 0) is 24.6 Å². The lowest BCUT2D eigenvalue weighted by Gasteiger charge is -2.15. The van der Waals surface area contributed by atoms with Gasteiger partial charge in [-0.25, -0.2) is 4.98 Å². The molecule has 1 N–H and O–H groups in total. The van der Waals surface area contributed by atoms with Crippen LogP contribution in [0.3, 0.4) is 0 Å². The Balaban J connectivity index is 2.30. The number of aromatic nitrogens is 2. The van der Waals surface area contributed by atoms with Gasteiger partial charge in [0, 0.05) is 5.02 Å². The van der Waals surface area contributed by atoms with Gasteiger partial charge in [-0.15, -0.1) is 0 Å². The van der Waals surface area contributed by atoms with E-state index in [1.54, 1.807) is 12.1 Å². The van der Waals surface area contributed by atoms with Crippen LogP contribution in [-0.4, -0.2) is 22.0 Å². The molecule has 2 rings (SSSR count). The second kappa shape index (κ2) is 6.36. The van der Waals surface area contributed by atoms with E-state index in [-0.39, 0.29) is 23.4 Å². The van der Waals surface area contributed by atoms with Crippen molar-refractivity contribution < 1.29 is 9.66 Å². The molecule has 0 spiro atoms. The molecule has 0 saturated heterocycles. The summed E-state index contributed by atoms with van der Waals surface area (Å²) in [6.45, 7) is 1.86. The molecule has 1 atom stereocenters. The van der Waals surface area contributed by atoms with E-state index in [9.17, 15) is 10.1 Å². The lowest BCUT2D eigenvalue weighted by molar-refractivity contribution is -0.385. The molecule has 0 radical (unpaired) electrons. The van der Waals surface area contributed by atoms with E-state index < -0.39 is 4.92 Å². The molecule has 1 aromatic heterocycles. The van der Waals surface area contributed by atoms with Gasteiger partial charge in [0.25, 0.3) is 5.88 Å². The quantitative estimate of drug-likeness (QED) is 0.673. The number of hydrogen-bond donors (Lipinski definition) is 1. The number of rotatable bonds is 5. The summed E-state index contributed by atoms with van der Waals surface area (Å²) in [6, 6.07) is 6.99. The highest BCUT2D eigenvalue weighted by Crippen LogP contribution is 2.32. The SMILES string of the molecule is COc1ncnc(NC(C)c2ccc(Cl)cc2)c1[N+](=O)[O-]. The zero-order valence-corrected chi connectivity index (χ0v) is 12.2. The van der Waals surface area contributed by atoms with Gasteiger partial charge in [-0.2, -0.15) is 4.98 Å². The van der Waals surface area contributed by atoms with Crippen molar-refractivity contribution in [3.05, 3.63) is 51.3 Å². The van der Waals surface area contributed by atoms with E-state index in [1.165, 1.54) is 13.4 Å². The first-order valence-electron chi connectivity index (χ1n) is 6.08. The summed E-state index contributed by atoms with van der Waals surface area (Å²) in [7, 11) is 1.32. The molecule has 110 valence electrons. The molecule has 0 saturated carbocycles. The average Bonchev–Trinajstić information content (AvgIpc) is 2.47. The molecule has 21 heavy (non-hydrogen) atoms. The summed E-state index contributed by atoms with van der Waals surface area (Å²) in [5, 5.41) is 14.8. The third-order valence-electron chi connectivity index (χ3n) is 2.89. The molecular formula is C13H13ClN4O3. The largest absolute Gasteiger partial charge is 0.476 e. The summed E-state index contributed by atoms with van der Waals surface area (Å²) in [4.78, 5) is 18.2. The van der Waals surface area contributed by atoms with Gasteiger partial charge in [-0.1, -0.05) is 23.7 Å². The molecule has 2 aromatic rings. The first kappa shape index (κ1) is 15.0. The Kier molecular flexibility index (Phi) is 4.54. The monoisotopic (exact) mass is 308 g/mol. The Labute approximate surface area is 126 Å². The van der Waals surface area contributed by atoms with Crippen molar-refractivity contribution >= 4 is 23.1 Å². The number of ether oxygens (including phenoxy) is 1. The third kappa shape index (κ3) is 3.38. The Morgan fingerprint density at radius 3 is 2.57 bits per heavy atom. The summed E-state index contributed by atoms with van der Waals surface area (Å²) in [5.74, 6) is 0.0232. The molecule has 0 fully saturated rings. The van der Waals surface area contributed by atoms with E-state index in [0.717, 1.165) is 5.56 Å². The van der Waals surface area contributed by atoms with Crippen LogP contribution < -0.4 is 10.1 Å². The number of methoxy groups -OCH3 is 1. The number of nitrogens with zero attached hydrogens (tertiary/aromatic N) is 3. The van der Waals surface area contributed by atoms with E-state index >= 15 is 0 Å². The number of nitro groups is 1. The normalized spacial score (nSPS) is 11.8. The second-order valence-electron chi connectivity index (χ2n) is 4.25. The van der Waals surface area contributed by atoms with Crippen LogP contribution in [0, 0.1) is 10.1 Å². The van der Waals surface area contributed by atoms with Crippen molar-refractivity contribution in [3.8, 4) is 5.88 Å². The maximum atomic E-state index is 11.2. The molecule has 0 bridgehead atoms. The summed E-state index contributed by atoms with van der Waals surface area (Å²) in [6.07, 6.45) is 1.21. The van der Waals surface area contributed by atoms with Crippen LogP contribution in [0.15, 0.2) is 30.6 Å². The molecule has 0 aliphatic heterocycles. The number of anilines is 1. The van der Waals surface area contributed by atoms with Crippen molar-refractivity contribution in [2.45, 2.75) is 13.0 Å². The minimum Gasteiger partial charge on any atom is -0.476 e. The van der Waals surface area contributed by atoms with Crippen molar-refractivity contribution in [1.82, 2.24) is 9.97 Å². The highest BCUT2D eigenvalue weighted by atomic mass is 35.5. The number of halogens is 1. The lowest BCUT2D eigenvalue weighted by Crippen LogP contribution is -2.11. The maximum absolute atomic E-state index is 11.2. The average molecular weight is 309 g/mol. The number of benzene rings is 1. The Morgan fingerprint density at radius 2 is 2.00 bits per heavy atom. The van der Waals surface area contributed by atoms with Gasteiger partial charge >= 0.3 is 5.69 Å². The van der Waals surface area contributed by atoms with Gasteiger partial charge < -0.3 is 10.1 Å². The molecule has 0 aliphatic rings. The van der Waals surface area contributed by atoms with Crippen LogP contribution in [0.5, 0.6) is 5.88 Å². The van der Waals surface area contributed by atoms with Crippen LogP contribution >= 0.6 is 11.6 Å². The fraction of sp³-hybridized carbons (Fsp3) is 0.231. The van der Waals surface area contributed by atoms with Crippen molar-refractivity contribution in [1.29, 1.82) is 0 Å². The number of nitrogens with one attached hydrogen (secondary N) is 1. The van der Waals surface area contributed by atoms with Gasteiger partial charge in [0.2, 0.25) is 5.82 Å². The van der Waals surface area contributed by atoms with E-state index in [1.807, 2.05) is 19.1 Å². The topological polar surface area (TPSA) is 90.2 Å². The molecule has 7 nitrogen and oxygen atoms in total. The first-order valence-corrected chi connectivity index (χ1v) is 6.46. The van der Waals surface area contributed by atoms with Gasteiger partial charge in [0.05, 0.1) is 18.1 Å². The van der Waals surface area contributed by atoms with E-state index in [2.05, 4.69) is 15.3 Å². The van der Waals surface area contributed by atoms with Crippen LogP contribution in [0.1, 0.15) is 18.5 Å². The highest BCUT2D eigenvalue weighted by Gasteiger charge is 2.25. The second-order valence-corrected chi connectivity index (χ2v) is 4.69. The lowest BCUT2D eigenvalue weighted by atomic mass is 10.1. The summed E-state index contributed by atoms with van der Waals surface area (Å²) in [5.41, 5.74) is 0.632. The Bertz CT molecular complexity index is 648. The Hall–Kier alpha value is -2.41. The fourth-order valence-electron chi connectivity index (χ4n) is 1.82. The minimum absolute atomic E-state index is 0.0826. The van der Waals surface area contributed by atoms with E-state index in [4.69, 9.17) is 16.3 Å². The zero-order valence-electron chi connectivity index (χ0n) is 11.4. The molecule has 1 unspecified atom stereocenters. The van der Waals surface area contributed by atoms with Crippen molar-refractivity contribution in [2.24, 2.45) is 0 Å². The predicted molar refractivity (Wildman–Crippen MR) is 78.7 cm³/mol. The number of hydrogen-bond acceptors (Lipinski definition) is 6. The smallest absolute Gasteiger partial charge is 0.372 e. The van der Waals surface area contributed by atoms with Crippen LogP contribution in [-0.2, 0) is 0 Å². The molecule has 1 aromatic carbocycles. The van der Waals surface area contributed by atoms with Crippen LogP contribution in [0.4, 0.5) is 11.5 Å². The molecule has 8 heteroatoms. The Morgan fingerprint density at radius 1 is 1.33 bits per heavy atom. The van der Waals surface area contributed by atoms with Crippen LogP contribution in [0.25, 0.3) is 0 Å². The van der Waals surface area contributed by atoms with Crippen molar-refractivity contribution in [3.63, 3.8) is 0 Å². The zero-order chi connectivity index (χ0) is 15.4. The maximum Gasteiger partial charge on any atom is 0.372 e. The van der Waals surface area contributed by atoms with E-state index in [0.29, 0.717) is 5.02 Å². The molecule has 1 heterocycles. The molecular weight excluding hydrogens is 296 g/mol. The summed E-state index contributed by atoms with van der Waals surface area (Å²) < 4.78 is 4.90. The standard InChI is InChI=1S/C13H13ClN4O3/c1-8(9-3-5-10(14)6-4-9)17-12-11(18(19)20)13(21-2)16-7-15-12/h3-8H,1-2H3,(H,15,16,17). The molecule has 0 amide bonds. The third-order valence-corrected chi connectivity index (χ3v) is 3.14. The first-order chi connectivity index (χ1) is 10.0.